The van der Waals surface area contributed by atoms with E-state index in [9.17, 15) is 0 Å². The Morgan fingerprint density at radius 1 is 1.41 bits per heavy atom. The Labute approximate surface area is 104 Å². The molecule has 2 rings (SSSR count). The van der Waals surface area contributed by atoms with Gasteiger partial charge in [-0.15, -0.1) is 16.9 Å². The van der Waals surface area contributed by atoms with Crippen LogP contribution in [0.1, 0.15) is 11.7 Å². The van der Waals surface area contributed by atoms with Crippen LogP contribution in [0.5, 0.6) is 0 Å². The van der Waals surface area contributed by atoms with Crippen LogP contribution in [0.4, 0.5) is 0 Å². The lowest BCUT2D eigenvalue weighted by atomic mass is 10.3. The second-order valence-corrected chi connectivity index (χ2v) is 4.72. The van der Waals surface area contributed by atoms with Gasteiger partial charge in [0.25, 0.3) is 0 Å². The van der Waals surface area contributed by atoms with E-state index < -0.39 is 0 Å². The maximum absolute atomic E-state index is 5.56. The van der Waals surface area contributed by atoms with E-state index >= 15 is 0 Å². The van der Waals surface area contributed by atoms with Crippen molar-refractivity contribution in [3.8, 4) is 0 Å². The highest BCUT2D eigenvalue weighted by atomic mass is 32.2. The third-order valence-corrected chi connectivity index (χ3v) is 3.57. The summed E-state index contributed by atoms with van der Waals surface area (Å²) in [5, 5.41) is 7.76. The number of thioether (sulfide) groups is 1. The first-order chi connectivity index (χ1) is 8.31. The Morgan fingerprint density at radius 3 is 2.76 bits per heavy atom. The molecule has 1 aromatic heterocycles. The van der Waals surface area contributed by atoms with Crippen molar-refractivity contribution in [3.63, 3.8) is 0 Å². The molecule has 2 aromatic rings. The minimum atomic E-state index is 0.0419. The number of nitrogens with one attached hydrogen (secondary N) is 1. The zero-order valence-electron chi connectivity index (χ0n) is 9.58. The lowest BCUT2D eigenvalue weighted by Gasteiger charge is -2.14. The van der Waals surface area contributed by atoms with E-state index in [0.29, 0.717) is 0 Å². The highest BCUT2D eigenvalue weighted by Gasteiger charge is 2.14. The smallest absolute Gasteiger partial charge is 0.0775 e. The molecule has 0 spiro atoms. The Morgan fingerprint density at radius 2 is 2.18 bits per heavy atom. The van der Waals surface area contributed by atoms with Gasteiger partial charge in [0.2, 0.25) is 0 Å². The number of hydrazine groups is 1. The Kier molecular flexibility index (Phi) is 4.13. The van der Waals surface area contributed by atoms with Crippen molar-refractivity contribution in [1.82, 2.24) is 20.4 Å². The number of hydrogen-bond donors (Lipinski definition) is 2. The average Bonchev–Trinajstić information content (AvgIpc) is 2.78. The maximum Gasteiger partial charge on any atom is 0.0775 e. The van der Waals surface area contributed by atoms with E-state index in [4.69, 9.17) is 5.84 Å². The van der Waals surface area contributed by atoms with E-state index in [-0.39, 0.29) is 6.04 Å². The highest BCUT2D eigenvalue weighted by Crippen LogP contribution is 2.23. The molecule has 0 aliphatic heterocycles. The third kappa shape index (κ3) is 3.06. The zero-order chi connectivity index (χ0) is 12.1. The molecule has 5 nitrogen and oxygen atoms in total. The second kappa shape index (κ2) is 5.81. The van der Waals surface area contributed by atoms with Crippen LogP contribution in [-0.2, 0) is 7.05 Å². The van der Waals surface area contributed by atoms with Gasteiger partial charge in [0.15, 0.2) is 0 Å². The Hall–Kier alpha value is -1.37. The quantitative estimate of drug-likeness (QED) is 0.472. The molecular weight excluding hydrogens is 234 g/mol. The van der Waals surface area contributed by atoms with Gasteiger partial charge < -0.3 is 0 Å². The average molecular weight is 249 g/mol. The third-order valence-electron chi connectivity index (χ3n) is 2.47. The van der Waals surface area contributed by atoms with Crippen LogP contribution in [0.3, 0.4) is 0 Å². The van der Waals surface area contributed by atoms with Gasteiger partial charge in [-0.25, -0.2) is 0 Å². The van der Waals surface area contributed by atoms with Gasteiger partial charge >= 0.3 is 0 Å². The molecular formula is C11H15N5S. The minimum Gasteiger partial charge on any atom is -0.271 e. The molecule has 1 aromatic carbocycles. The normalized spacial score (nSPS) is 12.6. The molecule has 0 saturated heterocycles. The fourth-order valence-electron chi connectivity index (χ4n) is 1.53. The maximum atomic E-state index is 5.56. The predicted molar refractivity (Wildman–Crippen MR) is 68.2 cm³/mol. The van der Waals surface area contributed by atoms with Gasteiger partial charge in [-0.2, -0.15) is 0 Å². The molecule has 0 aliphatic carbocycles. The van der Waals surface area contributed by atoms with Crippen LogP contribution in [0.25, 0.3) is 0 Å². The van der Waals surface area contributed by atoms with Gasteiger partial charge in [-0.1, -0.05) is 23.4 Å². The van der Waals surface area contributed by atoms with Crippen LogP contribution in [0.2, 0.25) is 0 Å². The van der Waals surface area contributed by atoms with Gasteiger partial charge in [-0.3, -0.25) is 16.0 Å². The Bertz CT molecular complexity index is 456. The van der Waals surface area contributed by atoms with Crippen molar-refractivity contribution in [2.75, 3.05) is 5.75 Å². The first kappa shape index (κ1) is 12.1. The lowest BCUT2D eigenvalue weighted by Crippen LogP contribution is -2.31. The van der Waals surface area contributed by atoms with E-state index in [1.54, 1.807) is 22.6 Å². The summed E-state index contributed by atoms with van der Waals surface area (Å²) in [6.07, 6.45) is 1.73. The summed E-state index contributed by atoms with van der Waals surface area (Å²) < 4.78 is 1.73. The number of rotatable bonds is 5. The van der Waals surface area contributed by atoms with Gasteiger partial charge in [-0.05, 0) is 12.1 Å². The van der Waals surface area contributed by atoms with Crippen molar-refractivity contribution >= 4 is 11.8 Å². The summed E-state index contributed by atoms with van der Waals surface area (Å²) in [6.45, 7) is 0. The SMILES string of the molecule is Cn1nncc1C(CSc1ccccc1)NN. The number of aromatic nitrogens is 3. The van der Waals surface area contributed by atoms with Crippen molar-refractivity contribution in [1.29, 1.82) is 0 Å². The molecule has 0 bridgehead atoms. The van der Waals surface area contributed by atoms with Crippen LogP contribution in [-0.4, -0.2) is 20.7 Å². The van der Waals surface area contributed by atoms with Crippen LogP contribution in [0.15, 0.2) is 41.4 Å². The lowest BCUT2D eigenvalue weighted by molar-refractivity contribution is 0.551. The molecule has 6 heteroatoms. The molecule has 3 N–H and O–H groups in total. The van der Waals surface area contributed by atoms with Gasteiger partial charge in [0.05, 0.1) is 17.9 Å². The van der Waals surface area contributed by atoms with Crippen LogP contribution < -0.4 is 11.3 Å². The number of aryl methyl sites for hydroxylation is 1. The van der Waals surface area contributed by atoms with E-state index in [1.807, 2.05) is 25.2 Å². The van der Waals surface area contributed by atoms with Crippen molar-refractivity contribution in [3.05, 3.63) is 42.2 Å². The number of hydrogen-bond acceptors (Lipinski definition) is 5. The summed E-state index contributed by atoms with van der Waals surface area (Å²) in [4.78, 5) is 1.22. The highest BCUT2D eigenvalue weighted by molar-refractivity contribution is 7.99. The summed E-state index contributed by atoms with van der Waals surface area (Å²) in [5.74, 6) is 6.40. The summed E-state index contributed by atoms with van der Waals surface area (Å²) in [5.41, 5.74) is 3.78. The number of benzene rings is 1. The molecule has 1 atom stereocenters. The minimum absolute atomic E-state index is 0.0419. The molecule has 17 heavy (non-hydrogen) atoms. The molecule has 0 amide bonds. The first-order valence-electron chi connectivity index (χ1n) is 5.30. The van der Waals surface area contributed by atoms with E-state index in [2.05, 4.69) is 27.9 Å². The van der Waals surface area contributed by atoms with Gasteiger partial charge in [0, 0.05) is 17.7 Å². The van der Waals surface area contributed by atoms with Crippen LogP contribution >= 0.6 is 11.8 Å². The molecule has 1 heterocycles. The largest absolute Gasteiger partial charge is 0.271 e. The topological polar surface area (TPSA) is 68.8 Å². The summed E-state index contributed by atoms with van der Waals surface area (Å²) in [7, 11) is 1.86. The fourth-order valence-corrected chi connectivity index (χ4v) is 2.50. The Balaban J connectivity index is 2.00. The van der Waals surface area contributed by atoms with Crippen molar-refractivity contribution < 1.29 is 0 Å². The van der Waals surface area contributed by atoms with E-state index in [1.165, 1.54) is 4.90 Å². The predicted octanol–water partition coefficient (Wildman–Crippen LogP) is 1.11. The molecule has 0 fully saturated rings. The standard InChI is InChI=1S/C11H15N5S/c1-16-11(7-13-15-16)10(14-12)8-17-9-5-3-2-4-6-9/h2-7,10,14H,8,12H2,1H3. The summed E-state index contributed by atoms with van der Waals surface area (Å²) in [6, 6.07) is 10.3. The van der Waals surface area contributed by atoms with Crippen molar-refractivity contribution in [2.24, 2.45) is 12.9 Å². The first-order valence-corrected chi connectivity index (χ1v) is 6.28. The van der Waals surface area contributed by atoms with Crippen LogP contribution in [0, 0.1) is 0 Å². The monoisotopic (exact) mass is 249 g/mol. The molecule has 0 aliphatic rings. The molecule has 90 valence electrons. The number of nitrogens with zero attached hydrogens (tertiary/aromatic N) is 3. The molecule has 1 unspecified atom stereocenters. The fraction of sp³-hybridized carbons (Fsp3) is 0.273. The van der Waals surface area contributed by atoms with E-state index in [0.717, 1.165) is 11.4 Å². The second-order valence-electron chi connectivity index (χ2n) is 3.63. The molecule has 0 saturated carbocycles. The van der Waals surface area contributed by atoms with Gasteiger partial charge in [0.1, 0.15) is 0 Å². The number of nitrogens with two attached hydrogens (primary N) is 1. The zero-order valence-corrected chi connectivity index (χ0v) is 10.4. The summed E-state index contributed by atoms with van der Waals surface area (Å²) >= 11 is 1.75. The molecule has 0 radical (unpaired) electrons. The van der Waals surface area contributed by atoms with Crippen molar-refractivity contribution in [2.45, 2.75) is 10.9 Å².